The number of hydrogen-bond donors (Lipinski definition) is 4. The topological polar surface area (TPSA) is 141 Å². The number of sulfonamides is 1. The first-order chi connectivity index (χ1) is 15.6. The highest BCUT2D eigenvalue weighted by molar-refractivity contribution is 7.89. The minimum atomic E-state index is -3.84. The van der Waals surface area contributed by atoms with E-state index in [1.54, 1.807) is 19.1 Å². The van der Waals surface area contributed by atoms with Gasteiger partial charge in [0.1, 0.15) is 0 Å². The molecular formula is C21H24N4O6S2. The van der Waals surface area contributed by atoms with Crippen molar-refractivity contribution in [3.63, 3.8) is 0 Å². The molecule has 1 aliphatic rings. The number of hydrogen-bond acceptors (Lipinski definition) is 7. The van der Waals surface area contributed by atoms with Crippen molar-refractivity contribution in [2.45, 2.75) is 17.9 Å². The summed E-state index contributed by atoms with van der Waals surface area (Å²) in [6.07, 6.45) is 0. The van der Waals surface area contributed by atoms with Crippen LogP contribution in [0.5, 0.6) is 17.2 Å². The van der Waals surface area contributed by atoms with Crippen molar-refractivity contribution < 1.29 is 27.4 Å². The second-order valence-corrected chi connectivity index (χ2v) is 9.02. The molecule has 1 atom stereocenters. The summed E-state index contributed by atoms with van der Waals surface area (Å²) < 4.78 is 39.2. The van der Waals surface area contributed by atoms with Gasteiger partial charge < -0.3 is 30.2 Å². The van der Waals surface area contributed by atoms with Crippen LogP contribution in [0, 0.1) is 0 Å². The number of carbonyl (C=O) groups is 1. The number of nitrogens with one attached hydrogen (secondary N) is 3. The van der Waals surface area contributed by atoms with Gasteiger partial charge in [-0.3, -0.25) is 4.79 Å². The number of benzene rings is 2. The van der Waals surface area contributed by atoms with Crippen molar-refractivity contribution >= 4 is 38.9 Å². The SMILES string of the molecule is COc1cc(C2NC(=S)NC(C)=C2C(=O)Nc2ccc(S(N)(=O)=O)cc2)cc(OC)c1OC. The highest BCUT2D eigenvalue weighted by Gasteiger charge is 2.31. The molecule has 2 aromatic rings. The van der Waals surface area contributed by atoms with E-state index in [1.807, 2.05) is 0 Å². The monoisotopic (exact) mass is 492 g/mol. The van der Waals surface area contributed by atoms with E-state index >= 15 is 0 Å². The van der Waals surface area contributed by atoms with Gasteiger partial charge in [-0.05, 0) is 61.1 Å². The predicted octanol–water partition coefficient (Wildman–Crippen LogP) is 1.79. The quantitative estimate of drug-likeness (QED) is 0.426. The number of rotatable bonds is 7. The molecule has 33 heavy (non-hydrogen) atoms. The lowest BCUT2D eigenvalue weighted by Crippen LogP contribution is -2.45. The third kappa shape index (κ3) is 5.18. The highest BCUT2D eigenvalue weighted by atomic mass is 32.2. The standard InChI is InChI=1S/C21H24N4O6S2/c1-11-17(20(26)24-13-5-7-14(8-6-13)33(22,27)28)18(25-21(32)23-11)12-9-15(29-2)19(31-4)16(10-12)30-3/h5-10,18H,1-4H3,(H,24,26)(H2,22,27,28)(H2,23,25,32). The molecular weight excluding hydrogens is 468 g/mol. The first-order valence-corrected chi connectivity index (χ1v) is 11.6. The molecule has 0 bridgehead atoms. The van der Waals surface area contributed by atoms with E-state index in [-0.39, 0.29) is 4.90 Å². The van der Waals surface area contributed by atoms with Gasteiger partial charge in [0.05, 0.1) is 37.8 Å². The third-order valence-corrected chi connectivity index (χ3v) is 6.12. The van der Waals surface area contributed by atoms with E-state index in [2.05, 4.69) is 16.0 Å². The lowest BCUT2D eigenvalue weighted by atomic mass is 9.94. The summed E-state index contributed by atoms with van der Waals surface area (Å²) in [6.45, 7) is 1.73. The van der Waals surface area contributed by atoms with Gasteiger partial charge in [0, 0.05) is 11.4 Å². The summed E-state index contributed by atoms with van der Waals surface area (Å²) in [6, 6.07) is 8.37. The van der Waals surface area contributed by atoms with Gasteiger partial charge in [-0.15, -0.1) is 0 Å². The van der Waals surface area contributed by atoms with Gasteiger partial charge in [-0.2, -0.15) is 0 Å². The number of allylic oxidation sites excluding steroid dienone is 1. The number of amides is 1. The maximum Gasteiger partial charge on any atom is 0.255 e. The van der Waals surface area contributed by atoms with Crippen LogP contribution in [0.25, 0.3) is 0 Å². The van der Waals surface area contributed by atoms with E-state index in [1.165, 1.54) is 45.6 Å². The largest absolute Gasteiger partial charge is 0.493 e. The Morgan fingerprint density at radius 2 is 1.64 bits per heavy atom. The van der Waals surface area contributed by atoms with E-state index in [0.717, 1.165) is 0 Å². The van der Waals surface area contributed by atoms with Gasteiger partial charge in [0.15, 0.2) is 16.6 Å². The zero-order chi connectivity index (χ0) is 24.3. The van der Waals surface area contributed by atoms with Crippen LogP contribution in [-0.4, -0.2) is 40.8 Å². The molecule has 0 radical (unpaired) electrons. The van der Waals surface area contributed by atoms with Crippen LogP contribution >= 0.6 is 12.2 Å². The molecule has 12 heteroatoms. The molecule has 0 aromatic heterocycles. The van der Waals surface area contributed by atoms with Crippen LogP contribution in [0.4, 0.5) is 5.69 Å². The summed E-state index contributed by atoms with van der Waals surface area (Å²) in [5, 5.41) is 14.3. The molecule has 1 aliphatic heterocycles. The molecule has 1 unspecified atom stereocenters. The normalized spacial score (nSPS) is 15.9. The number of carbonyl (C=O) groups excluding carboxylic acids is 1. The zero-order valence-electron chi connectivity index (χ0n) is 18.4. The summed E-state index contributed by atoms with van der Waals surface area (Å²) in [5.74, 6) is 0.849. The van der Waals surface area contributed by atoms with Crippen molar-refractivity contribution in [1.29, 1.82) is 0 Å². The van der Waals surface area contributed by atoms with Crippen LogP contribution in [0.1, 0.15) is 18.5 Å². The Labute approximate surface area is 197 Å². The number of ether oxygens (including phenoxy) is 3. The zero-order valence-corrected chi connectivity index (χ0v) is 20.0. The van der Waals surface area contributed by atoms with Crippen LogP contribution in [0.3, 0.4) is 0 Å². The minimum absolute atomic E-state index is 0.0578. The Morgan fingerprint density at radius 1 is 1.06 bits per heavy atom. The lowest BCUT2D eigenvalue weighted by molar-refractivity contribution is -0.113. The van der Waals surface area contributed by atoms with Gasteiger partial charge in [0.25, 0.3) is 5.91 Å². The molecule has 0 saturated carbocycles. The Kier molecular flexibility index (Phi) is 7.10. The predicted molar refractivity (Wildman–Crippen MR) is 127 cm³/mol. The van der Waals surface area contributed by atoms with Crippen LogP contribution in [0.15, 0.2) is 52.6 Å². The Hall–Kier alpha value is -3.35. The summed E-state index contributed by atoms with van der Waals surface area (Å²) in [4.78, 5) is 13.2. The first-order valence-electron chi connectivity index (χ1n) is 9.61. The van der Waals surface area contributed by atoms with Gasteiger partial charge in [0.2, 0.25) is 15.8 Å². The molecule has 1 heterocycles. The minimum Gasteiger partial charge on any atom is -0.493 e. The molecule has 0 spiro atoms. The summed E-state index contributed by atoms with van der Waals surface area (Å²) in [5.41, 5.74) is 1.97. The number of anilines is 1. The van der Waals surface area contributed by atoms with Gasteiger partial charge in [-0.1, -0.05) is 0 Å². The fourth-order valence-electron chi connectivity index (χ4n) is 3.44. The average molecular weight is 493 g/mol. The number of nitrogens with two attached hydrogens (primary N) is 1. The second-order valence-electron chi connectivity index (χ2n) is 7.05. The number of primary sulfonamides is 1. The second kappa shape index (κ2) is 9.65. The first kappa shape index (κ1) is 24.3. The summed E-state index contributed by atoms with van der Waals surface area (Å²) >= 11 is 5.31. The van der Waals surface area contributed by atoms with Crippen LogP contribution in [0.2, 0.25) is 0 Å². The number of thiocarbonyl (C=S) groups is 1. The fraction of sp³-hybridized carbons (Fsp3) is 0.238. The van der Waals surface area contributed by atoms with E-state index in [4.69, 9.17) is 31.6 Å². The molecule has 0 aliphatic carbocycles. The lowest BCUT2D eigenvalue weighted by Gasteiger charge is -2.31. The van der Waals surface area contributed by atoms with Crippen molar-refractivity contribution in [2.75, 3.05) is 26.6 Å². The molecule has 3 rings (SSSR count). The molecule has 1 amide bonds. The van der Waals surface area contributed by atoms with Crippen molar-refractivity contribution in [1.82, 2.24) is 10.6 Å². The van der Waals surface area contributed by atoms with Gasteiger partial charge >= 0.3 is 0 Å². The third-order valence-electron chi connectivity index (χ3n) is 4.97. The smallest absolute Gasteiger partial charge is 0.255 e. The molecule has 176 valence electrons. The summed E-state index contributed by atoms with van der Waals surface area (Å²) in [7, 11) is 0.667. The molecule has 0 saturated heterocycles. The fourth-order valence-corrected chi connectivity index (χ4v) is 4.23. The average Bonchev–Trinajstić information content (AvgIpc) is 2.77. The maximum absolute atomic E-state index is 13.3. The van der Waals surface area contributed by atoms with E-state index in [9.17, 15) is 13.2 Å². The molecule has 0 fully saturated rings. The molecule has 5 N–H and O–H groups in total. The Balaban J connectivity index is 2.00. The van der Waals surface area contributed by atoms with Gasteiger partial charge in [-0.25, -0.2) is 13.6 Å². The van der Waals surface area contributed by atoms with Crippen molar-refractivity contribution in [2.24, 2.45) is 5.14 Å². The van der Waals surface area contributed by atoms with Crippen LogP contribution in [-0.2, 0) is 14.8 Å². The molecule has 10 nitrogen and oxygen atoms in total. The number of methoxy groups -OCH3 is 3. The molecule has 2 aromatic carbocycles. The highest BCUT2D eigenvalue weighted by Crippen LogP contribution is 2.41. The maximum atomic E-state index is 13.3. The van der Waals surface area contributed by atoms with Crippen molar-refractivity contribution in [3.05, 3.63) is 53.2 Å². The van der Waals surface area contributed by atoms with E-state index < -0.39 is 22.0 Å². The Morgan fingerprint density at radius 3 is 2.12 bits per heavy atom. The van der Waals surface area contributed by atoms with Crippen LogP contribution < -0.4 is 35.3 Å². The van der Waals surface area contributed by atoms with Crippen molar-refractivity contribution in [3.8, 4) is 17.2 Å². The van der Waals surface area contributed by atoms with E-state index in [0.29, 0.717) is 44.9 Å². The Bertz CT molecular complexity index is 1200.